The lowest BCUT2D eigenvalue weighted by atomic mass is 9.64. The number of halogens is 3. The zero-order chi connectivity index (χ0) is 20.5. The Kier molecular flexibility index (Phi) is 5.85. The van der Waals surface area contributed by atoms with Crippen LogP contribution in [0, 0.1) is 42.1 Å². The highest BCUT2D eigenvalue weighted by atomic mass is 19.1. The molecule has 0 radical (unpaired) electrons. The van der Waals surface area contributed by atoms with Crippen LogP contribution >= 0.6 is 0 Å². The maximum atomic E-state index is 14.9. The molecule has 0 spiro atoms. The van der Waals surface area contributed by atoms with Gasteiger partial charge in [0.15, 0.2) is 0 Å². The van der Waals surface area contributed by atoms with E-state index < -0.39 is 17.5 Å². The van der Waals surface area contributed by atoms with Crippen LogP contribution in [0.1, 0.15) is 62.5 Å². The van der Waals surface area contributed by atoms with Gasteiger partial charge in [0.1, 0.15) is 17.5 Å². The van der Waals surface area contributed by atoms with Crippen LogP contribution in [0.3, 0.4) is 0 Å². The van der Waals surface area contributed by atoms with Gasteiger partial charge in [-0.3, -0.25) is 0 Å². The number of benzene rings is 2. The second-order valence-corrected chi connectivity index (χ2v) is 8.93. The molecule has 4 rings (SSSR count). The molecule has 0 aliphatic heterocycles. The minimum atomic E-state index is -0.643. The maximum absolute atomic E-state index is 14.9. The molecular weight excluding hydrogens is 369 g/mol. The Labute approximate surface area is 171 Å². The Hall–Kier alpha value is -2.03. The molecule has 0 N–H and O–H groups in total. The first-order valence-corrected chi connectivity index (χ1v) is 10.8. The molecule has 154 valence electrons. The SMILES string of the molecule is C/C=C/C1CCC2CC(c3ccc(-c4cc(F)c(C)c(F)c4)c(F)c3)CCC2C1. The molecule has 0 aromatic heterocycles. The number of rotatable bonds is 3. The quantitative estimate of drug-likeness (QED) is 0.460. The molecule has 0 saturated heterocycles. The summed E-state index contributed by atoms with van der Waals surface area (Å²) in [6.45, 7) is 3.48. The molecule has 0 nitrogen and oxygen atoms in total. The van der Waals surface area contributed by atoms with E-state index in [1.165, 1.54) is 44.7 Å². The lowest BCUT2D eigenvalue weighted by molar-refractivity contribution is 0.133. The first kappa shape index (κ1) is 20.3. The summed E-state index contributed by atoms with van der Waals surface area (Å²) in [5.74, 6) is 0.950. The zero-order valence-corrected chi connectivity index (χ0v) is 17.2. The van der Waals surface area contributed by atoms with Crippen LogP contribution < -0.4 is 0 Å². The van der Waals surface area contributed by atoms with E-state index in [2.05, 4.69) is 19.1 Å². The Bertz CT molecular complexity index is 891. The minimum absolute atomic E-state index is 0.0355. The Morgan fingerprint density at radius 2 is 1.52 bits per heavy atom. The number of fused-ring (bicyclic) bond motifs is 1. The van der Waals surface area contributed by atoms with Gasteiger partial charge in [0.05, 0.1) is 0 Å². The van der Waals surface area contributed by atoms with Crippen molar-refractivity contribution in [1.29, 1.82) is 0 Å². The average molecular weight is 399 g/mol. The Morgan fingerprint density at radius 1 is 0.828 bits per heavy atom. The summed E-state index contributed by atoms with van der Waals surface area (Å²) in [5, 5.41) is 0. The fraction of sp³-hybridized carbons (Fsp3) is 0.462. The van der Waals surface area contributed by atoms with Gasteiger partial charge < -0.3 is 0 Å². The van der Waals surface area contributed by atoms with E-state index in [1.54, 1.807) is 12.1 Å². The van der Waals surface area contributed by atoms with E-state index in [0.717, 1.165) is 36.2 Å². The lowest BCUT2D eigenvalue weighted by Crippen LogP contribution is -2.30. The molecular formula is C26H29F3. The van der Waals surface area contributed by atoms with Gasteiger partial charge in [0, 0.05) is 11.1 Å². The molecule has 2 aliphatic rings. The highest BCUT2D eigenvalue weighted by Gasteiger charge is 2.35. The summed E-state index contributed by atoms with van der Waals surface area (Å²) in [6.07, 6.45) is 11.8. The summed E-state index contributed by atoms with van der Waals surface area (Å²) >= 11 is 0. The van der Waals surface area contributed by atoms with Gasteiger partial charge in [-0.15, -0.1) is 0 Å². The minimum Gasteiger partial charge on any atom is -0.207 e. The second kappa shape index (κ2) is 8.38. The van der Waals surface area contributed by atoms with Gasteiger partial charge >= 0.3 is 0 Å². The number of hydrogen-bond donors (Lipinski definition) is 0. The molecule has 2 aliphatic carbocycles. The first-order chi connectivity index (χ1) is 14.0. The normalized spacial score (nSPS) is 27.2. The second-order valence-electron chi connectivity index (χ2n) is 8.93. The van der Waals surface area contributed by atoms with Crippen molar-refractivity contribution in [2.45, 2.75) is 58.3 Å². The van der Waals surface area contributed by atoms with Crippen LogP contribution in [-0.2, 0) is 0 Å². The molecule has 29 heavy (non-hydrogen) atoms. The summed E-state index contributed by atoms with van der Waals surface area (Å²) in [4.78, 5) is 0. The Balaban J connectivity index is 1.51. The van der Waals surface area contributed by atoms with Gasteiger partial charge in [0.2, 0.25) is 0 Å². The number of hydrogen-bond acceptors (Lipinski definition) is 0. The first-order valence-electron chi connectivity index (χ1n) is 10.8. The highest BCUT2D eigenvalue weighted by molar-refractivity contribution is 5.65. The fourth-order valence-electron chi connectivity index (χ4n) is 5.50. The molecule has 2 aromatic rings. The van der Waals surface area contributed by atoms with E-state index >= 15 is 0 Å². The van der Waals surface area contributed by atoms with Crippen molar-refractivity contribution in [1.82, 2.24) is 0 Å². The molecule has 0 bridgehead atoms. The van der Waals surface area contributed by atoms with Gasteiger partial charge in [-0.25, -0.2) is 13.2 Å². The third kappa shape index (κ3) is 4.15. The van der Waals surface area contributed by atoms with Gasteiger partial charge in [0.25, 0.3) is 0 Å². The third-order valence-electron chi connectivity index (χ3n) is 7.17. The number of allylic oxidation sites excluding steroid dienone is 2. The average Bonchev–Trinajstić information content (AvgIpc) is 2.71. The van der Waals surface area contributed by atoms with Gasteiger partial charge in [-0.05, 0) is 105 Å². The molecule has 3 heteroatoms. The van der Waals surface area contributed by atoms with Crippen LogP contribution in [0.5, 0.6) is 0 Å². The van der Waals surface area contributed by atoms with Crippen molar-refractivity contribution >= 4 is 0 Å². The van der Waals surface area contributed by atoms with Crippen LogP contribution in [0.2, 0.25) is 0 Å². The highest BCUT2D eigenvalue weighted by Crippen LogP contribution is 2.48. The third-order valence-corrected chi connectivity index (χ3v) is 7.17. The standard InChI is InChI=1S/C26H29F3/c1-3-4-17-5-6-19-12-20(8-7-18(19)11-17)21-9-10-23(26(29)13-21)22-14-24(27)16(2)25(28)15-22/h3-4,9-10,13-15,17-20H,5-8,11-12H2,1-2H3/b4-3+. The smallest absolute Gasteiger partial charge is 0.131 e. The van der Waals surface area contributed by atoms with E-state index in [0.29, 0.717) is 5.92 Å². The van der Waals surface area contributed by atoms with Crippen LogP contribution in [0.4, 0.5) is 13.2 Å². The van der Waals surface area contributed by atoms with Crippen LogP contribution in [0.25, 0.3) is 11.1 Å². The topological polar surface area (TPSA) is 0 Å². The monoisotopic (exact) mass is 398 g/mol. The van der Waals surface area contributed by atoms with E-state index in [4.69, 9.17) is 0 Å². The van der Waals surface area contributed by atoms with Crippen molar-refractivity contribution in [3.05, 3.63) is 71.1 Å². The lowest BCUT2D eigenvalue weighted by Gasteiger charge is -2.41. The fourth-order valence-corrected chi connectivity index (χ4v) is 5.50. The molecule has 2 saturated carbocycles. The largest absolute Gasteiger partial charge is 0.207 e. The van der Waals surface area contributed by atoms with Crippen LogP contribution in [-0.4, -0.2) is 0 Å². The van der Waals surface area contributed by atoms with Gasteiger partial charge in [-0.2, -0.15) is 0 Å². The molecule has 0 amide bonds. The van der Waals surface area contributed by atoms with Crippen molar-refractivity contribution in [2.75, 3.05) is 0 Å². The zero-order valence-electron chi connectivity index (χ0n) is 17.2. The van der Waals surface area contributed by atoms with Gasteiger partial charge in [-0.1, -0.05) is 24.3 Å². The molecule has 2 fully saturated rings. The predicted molar refractivity (Wildman–Crippen MR) is 112 cm³/mol. The Morgan fingerprint density at radius 3 is 2.21 bits per heavy atom. The molecule has 0 heterocycles. The molecule has 4 unspecified atom stereocenters. The summed E-state index contributed by atoms with van der Waals surface area (Å²) in [5.41, 5.74) is 1.49. The summed E-state index contributed by atoms with van der Waals surface area (Å²) in [7, 11) is 0. The predicted octanol–water partition coefficient (Wildman–Crippen LogP) is 7.96. The van der Waals surface area contributed by atoms with Crippen molar-refractivity contribution in [3.8, 4) is 11.1 Å². The van der Waals surface area contributed by atoms with E-state index in [9.17, 15) is 13.2 Å². The summed E-state index contributed by atoms with van der Waals surface area (Å²) < 4.78 is 42.7. The van der Waals surface area contributed by atoms with Crippen LogP contribution in [0.15, 0.2) is 42.5 Å². The van der Waals surface area contributed by atoms with Crippen molar-refractivity contribution in [3.63, 3.8) is 0 Å². The molecule has 2 aromatic carbocycles. The molecule has 4 atom stereocenters. The van der Waals surface area contributed by atoms with Crippen molar-refractivity contribution < 1.29 is 13.2 Å². The van der Waals surface area contributed by atoms with E-state index in [1.807, 2.05) is 6.07 Å². The van der Waals surface area contributed by atoms with E-state index in [-0.39, 0.29) is 16.7 Å². The maximum Gasteiger partial charge on any atom is 0.131 e. The van der Waals surface area contributed by atoms with Crippen molar-refractivity contribution in [2.24, 2.45) is 17.8 Å². The summed E-state index contributed by atoms with van der Waals surface area (Å²) in [6, 6.07) is 7.64.